The Kier molecular flexibility index (Phi) is 1.73. The van der Waals surface area contributed by atoms with Crippen LogP contribution in [-0.4, -0.2) is 12.4 Å². The first-order chi connectivity index (χ1) is 6.31. The molecule has 4 heteroatoms. The highest BCUT2D eigenvalue weighted by molar-refractivity contribution is 5.91. The Hall–Kier alpha value is -1.84. The van der Waals surface area contributed by atoms with Crippen molar-refractivity contribution in [3.63, 3.8) is 0 Å². The fraction of sp³-hybridized carbons (Fsp3) is 0.111. The number of amides is 1. The van der Waals surface area contributed by atoms with Crippen molar-refractivity contribution in [1.82, 2.24) is 0 Å². The first-order valence-electron chi connectivity index (χ1n) is 3.82. The zero-order valence-electron chi connectivity index (χ0n) is 6.74. The predicted molar refractivity (Wildman–Crippen MR) is 45.6 cm³/mol. The van der Waals surface area contributed by atoms with Crippen LogP contribution in [0.5, 0.6) is 0 Å². The van der Waals surface area contributed by atoms with Gasteiger partial charge in [0, 0.05) is 11.1 Å². The lowest BCUT2D eigenvalue weighted by molar-refractivity contribution is 0.111. The number of cyclic esters (lactones) is 1. The van der Waals surface area contributed by atoms with Crippen molar-refractivity contribution in [2.45, 2.75) is 6.61 Å². The SMILES string of the molecule is O=Cc1cccc2c1COC(=O)N2. The smallest absolute Gasteiger partial charge is 0.411 e. The van der Waals surface area contributed by atoms with Crippen LogP contribution in [-0.2, 0) is 11.3 Å². The van der Waals surface area contributed by atoms with Crippen LogP contribution in [0.2, 0.25) is 0 Å². The zero-order chi connectivity index (χ0) is 9.26. The lowest BCUT2D eigenvalue weighted by Gasteiger charge is -2.18. The van der Waals surface area contributed by atoms with Gasteiger partial charge in [0.1, 0.15) is 6.61 Å². The van der Waals surface area contributed by atoms with Gasteiger partial charge in [0.25, 0.3) is 0 Å². The van der Waals surface area contributed by atoms with E-state index in [4.69, 9.17) is 4.74 Å². The summed E-state index contributed by atoms with van der Waals surface area (Å²) in [6.07, 6.45) is 0.273. The van der Waals surface area contributed by atoms with Gasteiger partial charge in [0.15, 0.2) is 6.29 Å². The molecule has 0 aliphatic carbocycles. The maximum Gasteiger partial charge on any atom is 0.411 e. The molecule has 1 aromatic rings. The third kappa shape index (κ3) is 1.26. The van der Waals surface area contributed by atoms with Gasteiger partial charge in [-0.3, -0.25) is 10.1 Å². The summed E-state index contributed by atoms with van der Waals surface area (Å²) in [5, 5.41) is 2.51. The van der Waals surface area contributed by atoms with E-state index in [2.05, 4.69) is 5.32 Å². The van der Waals surface area contributed by atoms with Gasteiger partial charge in [0.05, 0.1) is 5.69 Å². The number of benzene rings is 1. The molecule has 2 rings (SSSR count). The largest absolute Gasteiger partial charge is 0.444 e. The summed E-state index contributed by atoms with van der Waals surface area (Å²) in [6.45, 7) is 0.163. The van der Waals surface area contributed by atoms with Crippen molar-refractivity contribution >= 4 is 18.1 Å². The number of rotatable bonds is 1. The number of aldehydes is 1. The van der Waals surface area contributed by atoms with Crippen molar-refractivity contribution in [3.05, 3.63) is 29.3 Å². The van der Waals surface area contributed by atoms with Gasteiger partial charge >= 0.3 is 6.09 Å². The van der Waals surface area contributed by atoms with Crippen molar-refractivity contribution in [2.24, 2.45) is 0 Å². The second-order valence-electron chi connectivity index (χ2n) is 2.69. The first kappa shape index (κ1) is 7.79. The predicted octanol–water partition coefficient (Wildman–Crippen LogP) is 1.56. The molecular weight excluding hydrogens is 170 g/mol. The molecule has 1 aliphatic heterocycles. The van der Waals surface area contributed by atoms with Crippen LogP contribution >= 0.6 is 0 Å². The number of anilines is 1. The van der Waals surface area contributed by atoms with Gasteiger partial charge in [0.2, 0.25) is 0 Å². The monoisotopic (exact) mass is 177 g/mol. The lowest BCUT2D eigenvalue weighted by Crippen LogP contribution is -2.21. The molecular formula is C9H7NO3. The Morgan fingerprint density at radius 3 is 3.08 bits per heavy atom. The summed E-state index contributed by atoms with van der Waals surface area (Å²) < 4.78 is 4.74. The lowest BCUT2D eigenvalue weighted by atomic mass is 10.1. The molecule has 0 fully saturated rings. The number of hydrogen-bond acceptors (Lipinski definition) is 3. The Morgan fingerprint density at radius 2 is 2.31 bits per heavy atom. The molecule has 4 nitrogen and oxygen atoms in total. The molecule has 0 saturated heterocycles. The number of hydrogen-bond donors (Lipinski definition) is 1. The van der Waals surface area contributed by atoms with E-state index < -0.39 is 6.09 Å². The molecule has 0 spiro atoms. The summed E-state index contributed by atoms with van der Waals surface area (Å²) in [4.78, 5) is 21.4. The first-order valence-corrected chi connectivity index (χ1v) is 3.82. The Labute approximate surface area is 74.5 Å². The molecule has 0 radical (unpaired) electrons. The third-order valence-corrected chi connectivity index (χ3v) is 1.92. The van der Waals surface area contributed by atoms with E-state index in [1.165, 1.54) is 0 Å². The maximum absolute atomic E-state index is 10.8. The molecule has 13 heavy (non-hydrogen) atoms. The molecule has 0 unspecified atom stereocenters. The normalized spacial score (nSPS) is 14.0. The number of ether oxygens (including phenoxy) is 1. The highest BCUT2D eigenvalue weighted by atomic mass is 16.5. The van der Waals surface area contributed by atoms with Gasteiger partial charge in [-0.05, 0) is 6.07 Å². The van der Waals surface area contributed by atoms with Gasteiger partial charge < -0.3 is 4.74 Å². The maximum atomic E-state index is 10.8. The zero-order valence-corrected chi connectivity index (χ0v) is 6.74. The molecule has 1 heterocycles. The minimum Gasteiger partial charge on any atom is -0.444 e. The highest BCUT2D eigenvalue weighted by Gasteiger charge is 2.17. The molecule has 0 atom stereocenters. The summed E-state index contributed by atoms with van der Waals surface area (Å²) in [5.74, 6) is 0. The van der Waals surface area contributed by atoms with Crippen molar-refractivity contribution in [2.75, 3.05) is 5.32 Å². The van der Waals surface area contributed by atoms with E-state index in [0.717, 1.165) is 11.8 Å². The van der Waals surface area contributed by atoms with Crippen molar-refractivity contribution in [3.8, 4) is 0 Å². The number of carbonyl (C=O) groups is 2. The second-order valence-corrected chi connectivity index (χ2v) is 2.69. The van der Waals surface area contributed by atoms with Crippen LogP contribution in [0.4, 0.5) is 10.5 Å². The van der Waals surface area contributed by atoms with Gasteiger partial charge in [-0.15, -0.1) is 0 Å². The quantitative estimate of drug-likeness (QED) is 0.662. The van der Waals surface area contributed by atoms with Crippen LogP contribution in [0, 0.1) is 0 Å². The van der Waals surface area contributed by atoms with Crippen LogP contribution < -0.4 is 5.32 Å². The van der Waals surface area contributed by atoms with Crippen LogP contribution in [0.1, 0.15) is 15.9 Å². The van der Waals surface area contributed by atoms with Crippen molar-refractivity contribution in [1.29, 1.82) is 0 Å². The van der Waals surface area contributed by atoms with Crippen LogP contribution in [0.25, 0.3) is 0 Å². The van der Waals surface area contributed by atoms with Gasteiger partial charge in [-0.1, -0.05) is 12.1 Å². The Balaban J connectivity index is 2.51. The number of nitrogens with one attached hydrogen (secondary N) is 1. The average molecular weight is 177 g/mol. The van der Waals surface area contributed by atoms with E-state index >= 15 is 0 Å². The van der Waals surface area contributed by atoms with Crippen molar-refractivity contribution < 1.29 is 14.3 Å². The molecule has 1 N–H and O–H groups in total. The molecule has 0 saturated carbocycles. The van der Waals surface area contributed by atoms with Gasteiger partial charge in [-0.25, -0.2) is 4.79 Å². The topological polar surface area (TPSA) is 55.4 Å². The van der Waals surface area contributed by atoms with Crippen LogP contribution in [0.15, 0.2) is 18.2 Å². The minimum absolute atomic E-state index is 0.163. The molecule has 1 amide bonds. The standard InChI is InChI=1S/C9H7NO3/c11-4-6-2-1-3-8-7(6)5-13-9(12)10-8/h1-4H,5H2,(H,10,12). The van der Waals surface area contributed by atoms with Gasteiger partial charge in [-0.2, -0.15) is 0 Å². The molecule has 1 aromatic carbocycles. The van der Waals surface area contributed by atoms with E-state index in [0.29, 0.717) is 11.3 Å². The summed E-state index contributed by atoms with van der Waals surface area (Å²) in [6, 6.07) is 5.14. The van der Waals surface area contributed by atoms with E-state index in [-0.39, 0.29) is 6.61 Å². The third-order valence-electron chi connectivity index (χ3n) is 1.92. The van der Waals surface area contributed by atoms with E-state index in [9.17, 15) is 9.59 Å². The highest BCUT2D eigenvalue weighted by Crippen LogP contribution is 2.23. The molecule has 66 valence electrons. The molecule has 0 aromatic heterocycles. The second kappa shape index (κ2) is 2.90. The minimum atomic E-state index is -0.476. The number of carbonyl (C=O) groups excluding carboxylic acids is 2. The molecule has 0 bridgehead atoms. The Morgan fingerprint density at radius 1 is 1.46 bits per heavy atom. The fourth-order valence-electron chi connectivity index (χ4n) is 1.28. The summed E-state index contributed by atoms with van der Waals surface area (Å²) in [7, 11) is 0. The van der Waals surface area contributed by atoms with Crippen LogP contribution in [0.3, 0.4) is 0 Å². The van der Waals surface area contributed by atoms with E-state index in [1.54, 1.807) is 18.2 Å². The molecule has 1 aliphatic rings. The number of fused-ring (bicyclic) bond motifs is 1. The summed E-state index contributed by atoms with van der Waals surface area (Å²) in [5.41, 5.74) is 1.94. The van der Waals surface area contributed by atoms with E-state index in [1.807, 2.05) is 0 Å². The summed E-state index contributed by atoms with van der Waals surface area (Å²) >= 11 is 0. The Bertz CT molecular complexity index is 373. The average Bonchev–Trinajstić information content (AvgIpc) is 2.16. The fourth-order valence-corrected chi connectivity index (χ4v) is 1.28.